The number of halogens is 1. The Balaban J connectivity index is 0.00000120. The zero-order valence-electron chi connectivity index (χ0n) is 10.7. The first-order chi connectivity index (χ1) is 8.35. The first-order valence-electron chi connectivity index (χ1n) is 6.11. The van der Waals surface area contributed by atoms with E-state index in [0.717, 1.165) is 18.6 Å². The molecule has 0 heterocycles. The van der Waals surface area contributed by atoms with Crippen LogP contribution in [0.5, 0.6) is 5.75 Å². The highest BCUT2D eigenvalue weighted by atomic mass is 35.5. The topological polar surface area (TPSA) is 21.3 Å². The molecular formula is C15H18ClNO. The van der Waals surface area contributed by atoms with Gasteiger partial charge in [0, 0.05) is 11.6 Å². The Morgan fingerprint density at radius 3 is 2.78 bits per heavy atom. The average Bonchev–Trinajstić information content (AvgIpc) is 2.40. The highest BCUT2D eigenvalue weighted by molar-refractivity contribution is 5.92. The Hall–Kier alpha value is -1.25. The van der Waals surface area contributed by atoms with Crippen LogP contribution in [0.2, 0.25) is 0 Å². The van der Waals surface area contributed by atoms with E-state index in [1.807, 2.05) is 7.05 Å². The van der Waals surface area contributed by atoms with Gasteiger partial charge in [0.1, 0.15) is 5.75 Å². The van der Waals surface area contributed by atoms with Crippen LogP contribution >= 0.6 is 12.4 Å². The van der Waals surface area contributed by atoms with Gasteiger partial charge in [0.15, 0.2) is 0 Å². The Labute approximate surface area is 114 Å². The summed E-state index contributed by atoms with van der Waals surface area (Å²) in [6.45, 7) is 0. The van der Waals surface area contributed by atoms with Gasteiger partial charge in [0.2, 0.25) is 0 Å². The molecule has 0 saturated carbocycles. The van der Waals surface area contributed by atoms with E-state index in [1.165, 1.54) is 21.9 Å². The standard InChI is InChI=1S/C15H17NO.ClH/c1-16-13-8-7-12-14(17-2)9-6-10-4-3-5-11(13)15(10)12;/h3-6,9,13,16H,7-8H2,1-2H3;1H. The van der Waals surface area contributed by atoms with E-state index >= 15 is 0 Å². The molecule has 0 aliphatic heterocycles. The summed E-state index contributed by atoms with van der Waals surface area (Å²) >= 11 is 0. The molecular weight excluding hydrogens is 246 g/mol. The zero-order chi connectivity index (χ0) is 11.8. The van der Waals surface area contributed by atoms with Crippen molar-refractivity contribution in [1.29, 1.82) is 0 Å². The first kappa shape index (κ1) is 13.2. The van der Waals surface area contributed by atoms with Crippen molar-refractivity contribution < 1.29 is 4.74 Å². The molecule has 2 nitrogen and oxygen atoms in total. The summed E-state index contributed by atoms with van der Waals surface area (Å²) in [5.41, 5.74) is 2.78. The van der Waals surface area contributed by atoms with Crippen molar-refractivity contribution in [2.45, 2.75) is 18.9 Å². The predicted octanol–water partition coefficient (Wildman–Crippen LogP) is 3.48. The van der Waals surface area contributed by atoms with Crippen LogP contribution in [0, 0.1) is 0 Å². The monoisotopic (exact) mass is 263 g/mol. The van der Waals surface area contributed by atoms with Gasteiger partial charge >= 0.3 is 0 Å². The number of hydrogen-bond donors (Lipinski definition) is 1. The number of aryl methyl sites for hydroxylation is 1. The average molecular weight is 264 g/mol. The van der Waals surface area contributed by atoms with Gasteiger partial charge in [-0.05, 0) is 42.3 Å². The molecule has 1 aliphatic carbocycles. The second kappa shape index (κ2) is 5.17. The molecule has 1 unspecified atom stereocenters. The molecule has 1 aliphatic rings. The Bertz CT molecular complexity index is 568. The molecule has 0 saturated heterocycles. The van der Waals surface area contributed by atoms with Crippen molar-refractivity contribution in [2.24, 2.45) is 0 Å². The van der Waals surface area contributed by atoms with Gasteiger partial charge in [0.05, 0.1) is 7.11 Å². The summed E-state index contributed by atoms with van der Waals surface area (Å²) in [7, 11) is 3.79. The molecule has 0 radical (unpaired) electrons. The van der Waals surface area contributed by atoms with Crippen LogP contribution in [0.4, 0.5) is 0 Å². The fourth-order valence-corrected chi connectivity index (χ4v) is 2.94. The summed E-state index contributed by atoms with van der Waals surface area (Å²) in [4.78, 5) is 0. The number of rotatable bonds is 2. The van der Waals surface area contributed by atoms with Crippen molar-refractivity contribution in [2.75, 3.05) is 14.2 Å². The summed E-state index contributed by atoms with van der Waals surface area (Å²) in [6, 6.07) is 11.3. The first-order valence-corrected chi connectivity index (χ1v) is 6.11. The zero-order valence-corrected chi connectivity index (χ0v) is 11.5. The van der Waals surface area contributed by atoms with Gasteiger partial charge in [0.25, 0.3) is 0 Å². The van der Waals surface area contributed by atoms with Crippen molar-refractivity contribution in [3.05, 3.63) is 41.5 Å². The molecule has 96 valence electrons. The Morgan fingerprint density at radius 2 is 2.06 bits per heavy atom. The maximum Gasteiger partial charge on any atom is 0.122 e. The maximum absolute atomic E-state index is 5.48. The molecule has 1 N–H and O–H groups in total. The lowest BCUT2D eigenvalue weighted by molar-refractivity contribution is 0.407. The summed E-state index contributed by atoms with van der Waals surface area (Å²) in [6.07, 6.45) is 2.23. The highest BCUT2D eigenvalue weighted by Crippen LogP contribution is 2.39. The van der Waals surface area contributed by atoms with Crippen LogP contribution in [-0.2, 0) is 6.42 Å². The summed E-state index contributed by atoms with van der Waals surface area (Å²) in [5, 5.41) is 6.11. The Morgan fingerprint density at radius 1 is 1.22 bits per heavy atom. The van der Waals surface area contributed by atoms with Crippen LogP contribution in [0.3, 0.4) is 0 Å². The molecule has 18 heavy (non-hydrogen) atoms. The van der Waals surface area contributed by atoms with Crippen molar-refractivity contribution >= 4 is 23.2 Å². The van der Waals surface area contributed by atoms with Gasteiger partial charge in [-0.3, -0.25) is 0 Å². The van der Waals surface area contributed by atoms with E-state index < -0.39 is 0 Å². The molecule has 3 rings (SSSR count). The lowest BCUT2D eigenvalue weighted by Gasteiger charge is -2.26. The van der Waals surface area contributed by atoms with E-state index in [2.05, 4.69) is 35.6 Å². The lowest BCUT2D eigenvalue weighted by atomic mass is 9.85. The number of nitrogens with one attached hydrogen (secondary N) is 1. The number of benzene rings is 2. The quantitative estimate of drug-likeness (QED) is 0.896. The SMILES string of the molecule is CNC1CCc2c(OC)ccc3cccc1c23.Cl. The summed E-state index contributed by atoms with van der Waals surface area (Å²) < 4.78 is 5.48. The third kappa shape index (κ3) is 1.86. The molecule has 0 amide bonds. The van der Waals surface area contributed by atoms with Crippen molar-refractivity contribution in [1.82, 2.24) is 5.32 Å². The largest absolute Gasteiger partial charge is 0.496 e. The molecule has 1 atom stereocenters. The normalized spacial score (nSPS) is 17.3. The molecule has 2 aromatic carbocycles. The Kier molecular flexibility index (Phi) is 3.79. The molecule has 0 fully saturated rings. The predicted molar refractivity (Wildman–Crippen MR) is 77.9 cm³/mol. The van der Waals surface area contributed by atoms with E-state index in [4.69, 9.17) is 4.74 Å². The molecule has 0 spiro atoms. The van der Waals surface area contributed by atoms with Gasteiger partial charge in [-0.15, -0.1) is 12.4 Å². The maximum atomic E-state index is 5.48. The van der Waals surface area contributed by atoms with Crippen molar-refractivity contribution in [3.63, 3.8) is 0 Å². The van der Waals surface area contributed by atoms with Gasteiger partial charge < -0.3 is 10.1 Å². The van der Waals surface area contributed by atoms with Crippen LogP contribution in [-0.4, -0.2) is 14.2 Å². The molecule has 0 aromatic heterocycles. The summed E-state index contributed by atoms with van der Waals surface area (Å²) in [5.74, 6) is 1.03. The smallest absolute Gasteiger partial charge is 0.122 e. The van der Waals surface area contributed by atoms with Crippen LogP contribution in [0.25, 0.3) is 10.8 Å². The van der Waals surface area contributed by atoms with Gasteiger partial charge in [-0.25, -0.2) is 0 Å². The second-order valence-electron chi connectivity index (χ2n) is 4.57. The van der Waals surface area contributed by atoms with E-state index in [9.17, 15) is 0 Å². The van der Waals surface area contributed by atoms with Crippen LogP contribution in [0.15, 0.2) is 30.3 Å². The molecule has 3 heteroatoms. The van der Waals surface area contributed by atoms with Crippen molar-refractivity contribution in [3.8, 4) is 5.75 Å². The minimum atomic E-state index is 0. The van der Waals surface area contributed by atoms with Crippen LogP contribution < -0.4 is 10.1 Å². The fraction of sp³-hybridized carbons (Fsp3) is 0.333. The second-order valence-corrected chi connectivity index (χ2v) is 4.57. The number of methoxy groups -OCH3 is 1. The lowest BCUT2D eigenvalue weighted by Crippen LogP contribution is -2.21. The highest BCUT2D eigenvalue weighted by Gasteiger charge is 2.22. The van der Waals surface area contributed by atoms with E-state index in [1.54, 1.807) is 7.11 Å². The third-order valence-corrected chi connectivity index (χ3v) is 3.77. The van der Waals surface area contributed by atoms with E-state index in [0.29, 0.717) is 6.04 Å². The third-order valence-electron chi connectivity index (χ3n) is 3.77. The molecule has 2 aromatic rings. The van der Waals surface area contributed by atoms with Gasteiger partial charge in [-0.2, -0.15) is 0 Å². The number of hydrogen-bond acceptors (Lipinski definition) is 2. The number of ether oxygens (including phenoxy) is 1. The molecule has 0 bridgehead atoms. The minimum Gasteiger partial charge on any atom is -0.496 e. The van der Waals surface area contributed by atoms with Crippen LogP contribution in [0.1, 0.15) is 23.6 Å². The van der Waals surface area contributed by atoms with Gasteiger partial charge in [-0.1, -0.05) is 24.3 Å². The minimum absolute atomic E-state index is 0. The fourth-order valence-electron chi connectivity index (χ4n) is 2.94. The van der Waals surface area contributed by atoms with E-state index in [-0.39, 0.29) is 12.4 Å².